The van der Waals surface area contributed by atoms with E-state index in [9.17, 15) is 0 Å². The number of hydrogen-bond donors (Lipinski definition) is 1. The van der Waals surface area contributed by atoms with Crippen LogP contribution in [0.2, 0.25) is 0 Å². The predicted octanol–water partition coefficient (Wildman–Crippen LogP) is 0.877. The van der Waals surface area contributed by atoms with E-state index in [0.29, 0.717) is 13.2 Å². The normalized spacial score (nSPS) is 13.0. The number of ether oxygens (including phenoxy) is 1. The summed E-state index contributed by atoms with van der Waals surface area (Å²) in [4.78, 5) is 6.33. The molecule has 0 saturated heterocycles. The summed E-state index contributed by atoms with van der Waals surface area (Å²) in [6, 6.07) is 4.34. The van der Waals surface area contributed by atoms with Crippen LogP contribution in [0.15, 0.2) is 24.5 Å². The molecule has 0 radical (unpaired) electrons. The first-order valence-corrected chi connectivity index (χ1v) is 5.63. The molecule has 0 aromatic carbocycles. The minimum absolute atomic E-state index is 0.281. The second-order valence-electron chi connectivity index (χ2n) is 3.76. The van der Waals surface area contributed by atoms with Gasteiger partial charge < -0.3 is 10.5 Å². The van der Waals surface area contributed by atoms with Crippen molar-refractivity contribution in [3.63, 3.8) is 0 Å². The third kappa shape index (κ3) is 3.89. The largest absolute Gasteiger partial charge is 0.383 e. The first-order chi connectivity index (χ1) is 7.81. The smallest absolute Gasteiger partial charge is 0.0630 e. The zero-order valence-electron chi connectivity index (χ0n) is 10.1. The van der Waals surface area contributed by atoms with E-state index >= 15 is 0 Å². The van der Waals surface area contributed by atoms with Gasteiger partial charge in [-0.2, -0.15) is 0 Å². The van der Waals surface area contributed by atoms with Crippen LogP contribution in [0.1, 0.15) is 12.5 Å². The first kappa shape index (κ1) is 13.1. The van der Waals surface area contributed by atoms with Crippen molar-refractivity contribution < 1.29 is 4.74 Å². The number of aromatic nitrogens is 1. The fourth-order valence-corrected chi connectivity index (χ4v) is 1.74. The number of hydrogen-bond acceptors (Lipinski definition) is 4. The zero-order valence-corrected chi connectivity index (χ0v) is 10.1. The molecule has 1 unspecified atom stereocenters. The van der Waals surface area contributed by atoms with Crippen LogP contribution in [0.5, 0.6) is 0 Å². The predicted molar refractivity (Wildman–Crippen MR) is 65.0 cm³/mol. The maximum absolute atomic E-state index is 5.75. The quantitative estimate of drug-likeness (QED) is 0.745. The van der Waals surface area contributed by atoms with Gasteiger partial charge >= 0.3 is 0 Å². The Hall–Kier alpha value is -0.970. The fraction of sp³-hybridized carbons (Fsp3) is 0.583. The van der Waals surface area contributed by atoms with Gasteiger partial charge in [0.15, 0.2) is 0 Å². The molecular weight excluding hydrogens is 202 g/mol. The highest BCUT2D eigenvalue weighted by Crippen LogP contribution is 2.07. The van der Waals surface area contributed by atoms with Gasteiger partial charge in [0.1, 0.15) is 0 Å². The fourth-order valence-electron chi connectivity index (χ4n) is 1.74. The average molecular weight is 223 g/mol. The van der Waals surface area contributed by atoms with E-state index < -0.39 is 0 Å². The lowest BCUT2D eigenvalue weighted by Crippen LogP contribution is -2.43. The third-order valence-electron chi connectivity index (χ3n) is 2.69. The minimum Gasteiger partial charge on any atom is -0.383 e. The molecule has 1 aromatic rings. The molecule has 4 heteroatoms. The van der Waals surface area contributed by atoms with Crippen molar-refractivity contribution in [2.24, 2.45) is 5.73 Å². The van der Waals surface area contributed by atoms with Gasteiger partial charge in [-0.1, -0.05) is 6.92 Å². The Morgan fingerprint density at radius 2 is 2.12 bits per heavy atom. The number of nitrogens with zero attached hydrogens (tertiary/aromatic N) is 2. The third-order valence-corrected chi connectivity index (χ3v) is 2.69. The van der Waals surface area contributed by atoms with Gasteiger partial charge in [0.05, 0.1) is 6.61 Å². The van der Waals surface area contributed by atoms with Crippen LogP contribution in [-0.2, 0) is 11.3 Å². The van der Waals surface area contributed by atoms with E-state index in [2.05, 4.69) is 16.8 Å². The Kier molecular flexibility index (Phi) is 6.00. The van der Waals surface area contributed by atoms with Crippen LogP contribution in [0.3, 0.4) is 0 Å². The van der Waals surface area contributed by atoms with Gasteiger partial charge in [-0.15, -0.1) is 0 Å². The summed E-state index contributed by atoms with van der Waals surface area (Å²) in [5, 5.41) is 0. The van der Waals surface area contributed by atoms with Gasteiger partial charge in [0.2, 0.25) is 0 Å². The Morgan fingerprint density at radius 1 is 1.44 bits per heavy atom. The number of pyridine rings is 1. The zero-order chi connectivity index (χ0) is 11.8. The Morgan fingerprint density at radius 3 is 2.62 bits per heavy atom. The Bertz CT molecular complexity index is 279. The standard InChI is InChI=1S/C12H21N3O/c1-3-15(12(8-13)10-16-2)9-11-4-6-14-7-5-11/h4-7,12H,3,8-10,13H2,1-2H3. The van der Waals surface area contributed by atoms with Crippen LogP contribution >= 0.6 is 0 Å². The summed E-state index contributed by atoms with van der Waals surface area (Å²) in [7, 11) is 1.71. The van der Waals surface area contributed by atoms with Crippen molar-refractivity contribution in [3.05, 3.63) is 30.1 Å². The summed E-state index contributed by atoms with van der Waals surface area (Å²) < 4.78 is 5.18. The van der Waals surface area contributed by atoms with Gasteiger partial charge in [0.25, 0.3) is 0 Å². The molecule has 0 saturated carbocycles. The Labute approximate surface area is 97.4 Å². The lowest BCUT2D eigenvalue weighted by atomic mass is 10.2. The molecule has 0 aliphatic heterocycles. The second-order valence-corrected chi connectivity index (χ2v) is 3.76. The van der Waals surface area contributed by atoms with Crippen molar-refractivity contribution in [2.75, 3.05) is 26.8 Å². The molecule has 4 nitrogen and oxygen atoms in total. The van der Waals surface area contributed by atoms with Crippen LogP contribution < -0.4 is 5.73 Å². The second kappa shape index (κ2) is 7.33. The first-order valence-electron chi connectivity index (χ1n) is 5.63. The van der Waals surface area contributed by atoms with E-state index in [4.69, 9.17) is 10.5 Å². The highest BCUT2D eigenvalue weighted by atomic mass is 16.5. The maximum atomic E-state index is 5.75. The number of rotatable bonds is 7. The molecule has 2 N–H and O–H groups in total. The van der Waals surface area contributed by atoms with Crippen molar-refractivity contribution >= 4 is 0 Å². The van der Waals surface area contributed by atoms with E-state index in [-0.39, 0.29) is 6.04 Å². The van der Waals surface area contributed by atoms with Gasteiger partial charge in [0, 0.05) is 38.6 Å². The summed E-state index contributed by atoms with van der Waals surface area (Å²) in [6.45, 7) is 5.29. The SMILES string of the molecule is CCN(Cc1ccncc1)C(CN)COC. The molecule has 0 aliphatic carbocycles. The molecule has 0 fully saturated rings. The van der Waals surface area contributed by atoms with E-state index in [0.717, 1.165) is 13.1 Å². The van der Waals surface area contributed by atoms with Crippen LogP contribution in [0.25, 0.3) is 0 Å². The number of likely N-dealkylation sites (N-methyl/N-ethyl adjacent to an activating group) is 1. The van der Waals surface area contributed by atoms with Crippen molar-refractivity contribution in [2.45, 2.75) is 19.5 Å². The molecule has 1 rings (SSSR count). The lowest BCUT2D eigenvalue weighted by Gasteiger charge is -2.29. The topological polar surface area (TPSA) is 51.4 Å². The monoisotopic (exact) mass is 223 g/mol. The van der Waals surface area contributed by atoms with E-state index in [1.54, 1.807) is 7.11 Å². The maximum Gasteiger partial charge on any atom is 0.0630 e. The molecule has 0 bridgehead atoms. The summed E-state index contributed by atoms with van der Waals surface area (Å²) in [5.74, 6) is 0. The van der Waals surface area contributed by atoms with Gasteiger partial charge in [-0.05, 0) is 24.2 Å². The van der Waals surface area contributed by atoms with Crippen LogP contribution in [-0.4, -0.2) is 42.7 Å². The molecule has 1 atom stereocenters. The van der Waals surface area contributed by atoms with Crippen molar-refractivity contribution in [3.8, 4) is 0 Å². The van der Waals surface area contributed by atoms with Crippen LogP contribution in [0, 0.1) is 0 Å². The molecule has 16 heavy (non-hydrogen) atoms. The average Bonchev–Trinajstić information content (AvgIpc) is 2.35. The van der Waals surface area contributed by atoms with E-state index in [1.165, 1.54) is 5.56 Å². The molecule has 1 aromatic heterocycles. The van der Waals surface area contributed by atoms with Gasteiger partial charge in [-0.25, -0.2) is 0 Å². The summed E-state index contributed by atoms with van der Waals surface area (Å²) in [6.07, 6.45) is 3.63. The molecule has 0 aliphatic rings. The molecule has 0 spiro atoms. The molecular formula is C12H21N3O. The number of methoxy groups -OCH3 is 1. The summed E-state index contributed by atoms with van der Waals surface area (Å²) in [5.41, 5.74) is 7.01. The van der Waals surface area contributed by atoms with E-state index in [1.807, 2.05) is 24.5 Å². The highest BCUT2D eigenvalue weighted by Gasteiger charge is 2.15. The van der Waals surface area contributed by atoms with Gasteiger partial charge in [-0.3, -0.25) is 9.88 Å². The van der Waals surface area contributed by atoms with Crippen LogP contribution in [0.4, 0.5) is 0 Å². The highest BCUT2D eigenvalue weighted by molar-refractivity contribution is 5.09. The minimum atomic E-state index is 0.281. The van der Waals surface area contributed by atoms with Crippen molar-refractivity contribution in [1.29, 1.82) is 0 Å². The Balaban J connectivity index is 2.60. The van der Waals surface area contributed by atoms with Crippen molar-refractivity contribution in [1.82, 2.24) is 9.88 Å². The lowest BCUT2D eigenvalue weighted by molar-refractivity contribution is 0.0927. The number of nitrogens with two attached hydrogens (primary N) is 1. The molecule has 90 valence electrons. The summed E-state index contributed by atoms with van der Waals surface area (Å²) >= 11 is 0. The molecule has 1 heterocycles. The molecule has 0 amide bonds.